The van der Waals surface area contributed by atoms with Crippen LogP contribution in [0.2, 0.25) is 0 Å². The molecule has 100 valence electrons. The largest absolute Gasteiger partial charge is 0.381 e. The minimum Gasteiger partial charge on any atom is -0.381 e. The summed E-state index contributed by atoms with van der Waals surface area (Å²) in [6, 6.07) is 9.83. The Bertz CT molecular complexity index is 522. The summed E-state index contributed by atoms with van der Waals surface area (Å²) in [5.74, 6) is 0.392. The topological polar surface area (TPSA) is 61.0 Å². The average molecular weight is 275 g/mol. The monoisotopic (exact) mass is 275 g/mol. The van der Waals surface area contributed by atoms with Crippen LogP contribution in [0.3, 0.4) is 0 Å². The number of aromatic nitrogens is 2. The Morgan fingerprint density at radius 3 is 2.84 bits per heavy atom. The summed E-state index contributed by atoms with van der Waals surface area (Å²) in [5.41, 5.74) is 7.31. The van der Waals surface area contributed by atoms with E-state index in [1.165, 1.54) is 0 Å². The van der Waals surface area contributed by atoms with Crippen LogP contribution in [-0.4, -0.2) is 23.4 Å². The van der Waals surface area contributed by atoms with Gasteiger partial charge in [-0.3, -0.25) is 0 Å². The SMILES string of the molecule is NC(c1ccccc1)c1nnc(C2CCCOC2)s1. The molecule has 0 amide bonds. The molecule has 2 unspecified atom stereocenters. The molecule has 0 radical (unpaired) electrons. The first-order valence-corrected chi connectivity index (χ1v) is 7.38. The number of hydrogen-bond donors (Lipinski definition) is 1. The lowest BCUT2D eigenvalue weighted by atomic mass is 10.0. The third-order valence-electron chi connectivity index (χ3n) is 3.39. The molecule has 2 heterocycles. The smallest absolute Gasteiger partial charge is 0.138 e. The van der Waals surface area contributed by atoms with Crippen molar-refractivity contribution in [3.63, 3.8) is 0 Å². The van der Waals surface area contributed by atoms with Crippen molar-refractivity contribution in [2.75, 3.05) is 13.2 Å². The van der Waals surface area contributed by atoms with Crippen LogP contribution in [0.15, 0.2) is 30.3 Å². The van der Waals surface area contributed by atoms with Crippen molar-refractivity contribution in [2.24, 2.45) is 5.73 Å². The van der Waals surface area contributed by atoms with Gasteiger partial charge in [-0.1, -0.05) is 41.7 Å². The molecule has 1 fully saturated rings. The molecular formula is C14H17N3OS. The summed E-state index contributed by atoms with van der Waals surface area (Å²) < 4.78 is 5.50. The second-order valence-electron chi connectivity index (χ2n) is 4.78. The zero-order chi connectivity index (χ0) is 13.1. The fourth-order valence-electron chi connectivity index (χ4n) is 2.28. The highest BCUT2D eigenvalue weighted by Crippen LogP contribution is 2.30. The van der Waals surface area contributed by atoms with Crippen LogP contribution in [-0.2, 0) is 4.74 Å². The summed E-state index contributed by atoms with van der Waals surface area (Å²) >= 11 is 1.62. The third kappa shape index (κ3) is 2.83. The van der Waals surface area contributed by atoms with Gasteiger partial charge in [-0.25, -0.2) is 0 Å². The van der Waals surface area contributed by atoms with Gasteiger partial charge in [0.1, 0.15) is 10.0 Å². The van der Waals surface area contributed by atoms with Crippen LogP contribution in [0.1, 0.15) is 40.4 Å². The highest BCUT2D eigenvalue weighted by molar-refractivity contribution is 7.11. The molecule has 1 aromatic carbocycles. The van der Waals surface area contributed by atoms with Gasteiger partial charge in [-0.15, -0.1) is 10.2 Å². The van der Waals surface area contributed by atoms with Crippen LogP contribution >= 0.6 is 11.3 Å². The van der Waals surface area contributed by atoms with Gasteiger partial charge in [0.25, 0.3) is 0 Å². The Morgan fingerprint density at radius 1 is 1.26 bits per heavy atom. The molecule has 0 spiro atoms. The second-order valence-corrected chi connectivity index (χ2v) is 5.82. The van der Waals surface area contributed by atoms with Crippen LogP contribution in [0.4, 0.5) is 0 Å². The molecule has 4 nitrogen and oxygen atoms in total. The predicted molar refractivity (Wildman–Crippen MR) is 75.2 cm³/mol. The number of rotatable bonds is 3. The Labute approximate surface area is 116 Å². The quantitative estimate of drug-likeness (QED) is 0.935. The molecule has 19 heavy (non-hydrogen) atoms. The van der Waals surface area contributed by atoms with E-state index in [9.17, 15) is 0 Å². The van der Waals surface area contributed by atoms with E-state index >= 15 is 0 Å². The summed E-state index contributed by atoms with van der Waals surface area (Å²) in [5, 5.41) is 10.5. The maximum atomic E-state index is 6.24. The molecule has 1 aliphatic rings. The molecule has 0 saturated carbocycles. The lowest BCUT2D eigenvalue weighted by molar-refractivity contribution is 0.0802. The first-order chi connectivity index (χ1) is 9.34. The van der Waals surface area contributed by atoms with Crippen LogP contribution in [0.5, 0.6) is 0 Å². The lowest BCUT2D eigenvalue weighted by Crippen LogP contribution is -2.15. The van der Waals surface area contributed by atoms with Crippen molar-refractivity contribution >= 4 is 11.3 Å². The molecular weight excluding hydrogens is 258 g/mol. The van der Waals surface area contributed by atoms with Crippen molar-refractivity contribution < 1.29 is 4.74 Å². The fourth-order valence-corrected chi connectivity index (χ4v) is 3.27. The van der Waals surface area contributed by atoms with Gasteiger partial charge < -0.3 is 10.5 Å². The Balaban J connectivity index is 1.77. The molecule has 2 atom stereocenters. The average Bonchev–Trinajstić information content (AvgIpc) is 2.98. The zero-order valence-corrected chi connectivity index (χ0v) is 11.5. The van der Waals surface area contributed by atoms with Gasteiger partial charge in [-0.2, -0.15) is 0 Å². The molecule has 5 heteroatoms. The molecule has 3 rings (SSSR count). The van der Waals surface area contributed by atoms with Gasteiger partial charge >= 0.3 is 0 Å². The first kappa shape index (κ1) is 12.7. The third-order valence-corrected chi connectivity index (χ3v) is 4.56. The van der Waals surface area contributed by atoms with Gasteiger partial charge in [-0.05, 0) is 18.4 Å². The van der Waals surface area contributed by atoms with E-state index in [0.717, 1.165) is 41.6 Å². The minimum absolute atomic E-state index is 0.183. The number of nitrogens with two attached hydrogens (primary N) is 1. The zero-order valence-electron chi connectivity index (χ0n) is 10.7. The summed E-state index contributed by atoms with van der Waals surface area (Å²) in [6.07, 6.45) is 2.24. The van der Waals surface area contributed by atoms with Gasteiger partial charge in [0.05, 0.1) is 12.6 Å². The van der Waals surface area contributed by atoms with Crippen molar-refractivity contribution in [2.45, 2.75) is 24.8 Å². The number of benzene rings is 1. The minimum atomic E-state index is -0.183. The molecule has 1 saturated heterocycles. The van der Waals surface area contributed by atoms with E-state index in [4.69, 9.17) is 10.5 Å². The van der Waals surface area contributed by atoms with E-state index in [-0.39, 0.29) is 6.04 Å². The molecule has 2 aromatic rings. The summed E-state index contributed by atoms with van der Waals surface area (Å²) in [4.78, 5) is 0. The van der Waals surface area contributed by atoms with E-state index in [2.05, 4.69) is 10.2 Å². The van der Waals surface area contributed by atoms with E-state index < -0.39 is 0 Å². The first-order valence-electron chi connectivity index (χ1n) is 6.56. The Kier molecular flexibility index (Phi) is 3.87. The summed E-state index contributed by atoms with van der Waals surface area (Å²) in [7, 11) is 0. The maximum Gasteiger partial charge on any atom is 0.138 e. The van der Waals surface area contributed by atoms with Gasteiger partial charge in [0, 0.05) is 12.5 Å². The van der Waals surface area contributed by atoms with Crippen LogP contribution < -0.4 is 5.73 Å². The van der Waals surface area contributed by atoms with Gasteiger partial charge in [0.2, 0.25) is 0 Å². The fraction of sp³-hybridized carbons (Fsp3) is 0.429. The second kappa shape index (κ2) is 5.77. The lowest BCUT2D eigenvalue weighted by Gasteiger charge is -2.19. The highest BCUT2D eigenvalue weighted by atomic mass is 32.1. The Morgan fingerprint density at radius 2 is 2.11 bits per heavy atom. The van der Waals surface area contributed by atoms with Crippen molar-refractivity contribution in [3.8, 4) is 0 Å². The van der Waals surface area contributed by atoms with Crippen molar-refractivity contribution in [3.05, 3.63) is 45.9 Å². The normalized spacial score (nSPS) is 21.2. The molecule has 1 aliphatic heterocycles. The molecule has 2 N–H and O–H groups in total. The summed E-state index contributed by atoms with van der Waals surface area (Å²) in [6.45, 7) is 1.63. The molecule has 0 bridgehead atoms. The predicted octanol–water partition coefficient (Wildman–Crippen LogP) is 2.48. The number of hydrogen-bond acceptors (Lipinski definition) is 5. The number of ether oxygens (including phenoxy) is 1. The standard InChI is InChI=1S/C14H17N3OS/c15-12(10-5-2-1-3-6-10)14-17-16-13(19-14)11-7-4-8-18-9-11/h1-3,5-6,11-12H,4,7-9,15H2. The number of nitrogens with zero attached hydrogens (tertiary/aromatic N) is 2. The molecule has 0 aliphatic carbocycles. The van der Waals surface area contributed by atoms with Crippen LogP contribution in [0, 0.1) is 0 Å². The van der Waals surface area contributed by atoms with Crippen molar-refractivity contribution in [1.29, 1.82) is 0 Å². The van der Waals surface area contributed by atoms with Crippen LogP contribution in [0.25, 0.3) is 0 Å². The highest BCUT2D eigenvalue weighted by Gasteiger charge is 2.22. The van der Waals surface area contributed by atoms with Gasteiger partial charge in [0.15, 0.2) is 0 Å². The van der Waals surface area contributed by atoms with Crippen molar-refractivity contribution in [1.82, 2.24) is 10.2 Å². The molecule has 1 aromatic heterocycles. The Hall–Kier alpha value is -1.30. The van der Waals surface area contributed by atoms with E-state index in [1.807, 2.05) is 30.3 Å². The van der Waals surface area contributed by atoms with E-state index in [0.29, 0.717) is 5.92 Å². The maximum absolute atomic E-state index is 6.24. The van der Waals surface area contributed by atoms with E-state index in [1.54, 1.807) is 11.3 Å².